The van der Waals surface area contributed by atoms with Gasteiger partial charge in [-0.15, -0.1) is 0 Å². The quantitative estimate of drug-likeness (QED) is 0.606. The van der Waals surface area contributed by atoms with E-state index >= 15 is 0 Å². The number of anilines is 1. The topological polar surface area (TPSA) is 124 Å². The van der Waals surface area contributed by atoms with Crippen molar-refractivity contribution in [2.75, 3.05) is 45.3 Å². The summed E-state index contributed by atoms with van der Waals surface area (Å²) in [4.78, 5) is 51.0. The minimum absolute atomic E-state index is 0.0364. The van der Waals surface area contributed by atoms with Crippen molar-refractivity contribution in [3.63, 3.8) is 0 Å². The first-order chi connectivity index (χ1) is 13.8. The van der Waals surface area contributed by atoms with Gasteiger partial charge >= 0.3 is 11.9 Å². The molecule has 2 rings (SSSR count). The lowest BCUT2D eigenvalue weighted by Crippen LogP contribution is -2.31. The Bertz CT molecular complexity index is 785. The Morgan fingerprint density at radius 2 is 1.76 bits per heavy atom. The second kappa shape index (κ2) is 10.1. The highest BCUT2D eigenvalue weighted by molar-refractivity contribution is 6.09. The van der Waals surface area contributed by atoms with Crippen LogP contribution in [0.5, 0.6) is 0 Å². The third-order valence-corrected chi connectivity index (χ3v) is 4.43. The van der Waals surface area contributed by atoms with Gasteiger partial charge in [-0.25, -0.2) is 9.59 Å². The van der Waals surface area contributed by atoms with Crippen LogP contribution < -0.4 is 5.32 Å². The predicted molar refractivity (Wildman–Crippen MR) is 101 cm³/mol. The first-order valence-electron chi connectivity index (χ1n) is 9.39. The number of nitrogens with zero attached hydrogens (tertiary/aromatic N) is 1. The van der Waals surface area contributed by atoms with Crippen LogP contribution in [0.15, 0.2) is 4.42 Å². The molecule has 160 valence electrons. The molecule has 1 unspecified atom stereocenters. The smallest absolute Gasteiger partial charge is 0.344 e. The lowest BCUT2D eigenvalue weighted by atomic mass is 10.1. The number of likely N-dealkylation sites (tertiary alicyclic amines) is 1. The summed E-state index contributed by atoms with van der Waals surface area (Å²) >= 11 is 0. The molecule has 0 bridgehead atoms. The molecule has 0 aliphatic carbocycles. The number of ether oxygens (including phenoxy) is 3. The molecule has 1 aliphatic rings. The van der Waals surface area contributed by atoms with Crippen molar-refractivity contribution < 1.29 is 37.8 Å². The van der Waals surface area contributed by atoms with Crippen LogP contribution in [-0.2, 0) is 23.8 Å². The van der Waals surface area contributed by atoms with Crippen LogP contribution in [0.1, 0.15) is 46.7 Å². The molecular weight excluding hydrogens is 384 g/mol. The number of nitrogens with one attached hydrogen (secondary N) is 1. The van der Waals surface area contributed by atoms with Crippen molar-refractivity contribution in [2.45, 2.75) is 27.2 Å². The van der Waals surface area contributed by atoms with Gasteiger partial charge in [0.25, 0.3) is 0 Å². The van der Waals surface area contributed by atoms with E-state index < -0.39 is 23.8 Å². The standard InChI is InChI=1S/C19H26N2O8/c1-5-27-18(24)14-11(3)29-17(15(14)19(25)28-6-2)20-16(23)12-9-13(22)21(10-12)7-8-26-4/h12H,5-10H2,1-4H3,(H,20,23). The first kappa shape index (κ1) is 22.4. The molecule has 1 aromatic rings. The molecule has 0 spiro atoms. The highest BCUT2D eigenvalue weighted by atomic mass is 16.5. The van der Waals surface area contributed by atoms with Crippen molar-refractivity contribution in [1.82, 2.24) is 4.90 Å². The SMILES string of the molecule is CCOC(=O)c1c(C)oc(NC(=O)C2CC(=O)N(CCOC)C2)c1C(=O)OCC. The minimum Gasteiger partial charge on any atom is -0.462 e. The summed E-state index contributed by atoms with van der Waals surface area (Å²) in [5, 5.41) is 2.52. The van der Waals surface area contributed by atoms with E-state index in [1.165, 1.54) is 18.9 Å². The van der Waals surface area contributed by atoms with Crippen molar-refractivity contribution in [3.8, 4) is 0 Å². The fourth-order valence-corrected chi connectivity index (χ4v) is 3.06. The molecule has 10 nitrogen and oxygen atoms in total. The Balaban J connectivity index is 2.24. The monoisotopic (exact) mass is 410 g/mol. The summed E-state index contributed by atoms with van der Waals surface area (Å²) in [7, 11) is 1.53. The van der Waals surface area contributed by atoms with Gasteiger partial charge in [-0.05, 0) is 20.8 Å². The maximum absolute atomic E-state index is 12.7. The van der Waals surface area contributed by atoms with Crippen LogP contribution >= 0.6 is 0 Å². The number of hydrogen-bond donors (Lipinski definition) is 1. The summed E-state index contributed by atoms with van der Waals surface area (Å²) in [6.45, 7) is 5.90. The lowest BCUT2D eigenvalue weighted by molar-refractivity contribution is -0.128. The Morgan fingerprint density at radius 3 is 2.34 bits per heavy atom. The Labute approximate surface area is 168 Å². The van der Waals surface area contributed by atoms with Crippen LogP contribution in [0.25, 0.3) is 0 Å². The summed E-state index contributed by atoms with van der Waals surface area (Å²) in [6, 6.07) is 0. The Hall–Kier alpha value is -2.88. The number of rotatable bonds is 9. The number of amides is 2. The van der Waals surface area contributed by atoms with Gasteiger partial charge in [0.05, 0.1) is 25.7 Å². The van der Waals surface area contributed by atoms with Crippen molar-refractivity contribution in [2.24, 2.45) is 5.92 Å². The summed E-state index contributed by atoms with van der Waals surface area (Å²) in [5.41, 5.74) is -0.290. The predicted octanol–water partition coefficient (Wildman–Crippen LogP) is 1.37. The second-order valence-corrected chi connectivity index (χ2v) is 6.40. The molecule has 10 heteroatoms. The largest absolute Gasteiger partial charge is 0.462 e. The summed E-state index contributed by atoms with van der Waals surface area (Å²) in [6.07, 6.45) is 0.0364. The van der Waals surface area contributed by atoms with E-state index in [0.29, 0.717) is 13.2 Å². The zero-order chi connectivity index (χ0) is 21.6. The number of furan rings is 1. The van der Waals surface area contributed by atoms with Crippen molar-refractivity contribution in [1.29, 1.82) is 0 Å². The average molecular weight is 410 g/mol. The number of carbonyl (C=O) groups excluding carboxylic acids is 4. The number of carbonyl (C=O) groups is 4. The Morgan fingerprint density at radius 1 is 1.14 bits per heavy atom. The number of hydrogen-bond acceptors (Lipinski definition) is 8. The molecule has 1 aromatic heterocycles. The third-order valence-electron chi connectivity index (χ3n) is 4.43. The molecule has 2 amide bonds. The van der Waals surface area contributed by atoms with Gasteiger partial charge in [-0.1, -0.05) is 0 Å². The van der Waals surface area contributed by atoms with Gasteiger partial charge in [0.15, 0.2) is 0 Å². The zero-order valence-corrected chi connectivity index (χ0v) is 17.0. The molecule has 2 heterocycles. The van der Waals surface area contributed by atoms with E-state index in [9.17, 15) is 19.2 Å². The molecule has 29 heavy (non-hydrogen) atoms. The van der Waals surface area contributed by atoms with Gasteiger partial charge in [-0.3, -0.25) is 14.9 Å². The number of esters is 2. The van der Waals surface area contributed by atoms with E-state index in [1.807, 2.05) is 0 Å². The van der Waals surface area contributed by atoms with Crippen LogP contribution in [-0.4, -0.2) is 68.7 Å². The molecule has 1 aliphatic heterocycles. The van der Waals surface area contributed by atoms with Gasteiger partial charge < -0.3 is 23.5 Å². The fourth-order valence-electron chi connectivity index (χ4n) is 3.06. The van der Waals surface area contributed by atoms with Gasteiger partial charge in [0.1, 0.15) is 16.9 Å². The molecule has 0 saturated carbocycles. The summed E-state index contributed by atoms with van der Waals surface area (Å²) in [5.74, 6) is -2.91. The van der Waals surface area contributed by atoms with Crippen molar-refractivity contribution >= 4 is 29.6 Å². The number of aryl methyl sites for hydroxylation is 1. The first-order valence-corrected chi connectivity index (χ1v) is 9.39. The second-order valence-electron chi connectivity index (χ2n) is 6.40. The highest BCUT2D eigenvalue weighted by Crippen LogP contribution is 2.30. The normalized spacial score (nSPS) is 16.1. The summed E-state index contributed by atoms with van der Waals surface area (Å²) < 4.78 is 20.4. The van der Waals surface area contributed by atoms with E-state index in [0.717, 1.165) is 0 Å². The zero-order valence-electron chi connectivity index (χ0n) is 17.0. The molecule has 1 saturated heterocycles. The maximum atomic E-state index is 12.7. The van der Waals surface area contributed by atoms with Gasteiger partial charge in [0.2, 0.25) is 17.7 Å². The molecule has 1 atom stereocenters. The molecule has 1 N–H and O–H groups in total. The van der Waals surface area contributed by atoms with Crippen LogP contribution in [0, 0.1) is 12.8 Å². The van der Waals surface area contributed by atoms with Crippen LogP contribution in [0.4, 0.5) is 5.88 Å². The van der Waals surface area contributed by atoms with E-state index in [-0.39, 0.29) is 54.9 Å². The number of methoxy groups -OCH3 is 1. The molecule has 0 radical (unpaired) electrons. The molecular formula is C19H26N2O8. The Kier molecular flexibility index (Phi) is 7.77. The van der Waals surface area contributed by atoms with E-state index in [4.69, 9.17) is 18.6 Å². The lowest BCUT2D eigenvalue weighted by Gasteiger charge is -2.15. The minimum atomic E-state index is -0.813. The van der Waals surface area contributed by atoms with Crippen LogP contribution in [0.2, 0.25) is 0 Å². The third kappa shape index (κ3) is 5.14. The van der Waals surface area contributed by atoms with Crippen molar-refractivity contribution in [3.05, 3.63) is 16.9 Å². The fraction of sp³-hybridized carbons (Fsp3) is 0.579. The van der Waals surface area contributed by atoms with Crippen LogP contribution in [0.3, 0.4) is 0 Å². The molecule has 1 fully saturated rings. The van der Waals surface area contributed by atoms with Gasteiger partial charge in [0, 0.05) is 26.6 Å². The maximum Gasteiger partial charge on any atom is 0.344 e. The van der Waals surface area contributed by atoms with E-state index in [2.05, 4.69) is 5.32 Å². The highest BCUT2D eigenvalue weighted by Gasteiger charge is 2.37. The molecule has 0 aromatic carbocycles. The average Bonchev–Trinajstić information content (AvgIpc) is 3.20. The van der Waals surface area contributed by atoms with E-state index in [1.54, 1.807) is 13.8 Å². The van der Waals surface area contributed by atoms with Gasteiger partial charge in [-0.2, -0.15) is 0 Å².